The van der Waals surface area contributed by atoms with Gasteiger partial charge in [0.25, 0.3) is 0 Å². The van der Waals surface area contributed by atoms with E-state index in [4.69, 9.17) is 9.84 Å². The maximum Gasteiger partial charge on any atom is 0.339 e. The molecule has 0 unspecified atom stereocenters. The molecule has 0 aliphatic rings. The van der Waals surface area contributed by atoms with Crippen LogP contribution in [-0.2, 0) is 6.61 Å². The van der Waals surface area contributed by atoms with Crippen molar-refractivity contribution in [1.29, 1.82) is 0 Å². The van der Waals surface area contributed by atoms with Crippen molar-refractivity contribution in [1.82, 2.24) is 10.2 Å². The first-order valence-corrected chi connectivity index (χ1v) is 5.97. The van der Waals surface area contributed by atoms with Gasteiger partial charge >= 0.3 is 5.97 Å². The molecule has 2 aromatic rings. The number of nitrogens with one attached hydrogen (secondary N) is 1. The molecule has 0 spiro atoms. The second kappa shape index (κ2) is 5.14. The second-order valence-corrected chi connectivity index (χ2v) is 4.49. The van der Waals surface area contributed by atoms with Crippen LogP contribution in [0.15, 0.2) is 18.2 Å². The van der Waals surface area contributed by atoms with Crippen LogP contribution in [0.25, 0.3) is 0 Å². The normalized spacial score (nSPS) is 10.5. The zero-order valence-electron chi connectivity index (χ0n) is 11.2. The summed E-state index contributed by atoms with van der Waals surface area (Å²) in [5, 5.41) is 15.8. The molecule has 100 valence electrons. The number of aromatic amines is 1. The molecule has 0 saturated heterocycles. The van der Waals surface area contributed by atoms with Crippen LogP contribution < -0.4 is 4.74 Å². The Balaban J connectivity index is 2.22. The van der Waals surface area contributed by atoms with E-state index in [9.17, 15) is 4.79 Å². The van der Waals surface area contributed by atoms with E-state index in [-0.39, 0.29) is 12.2 Å². The van der Waals surface area contributed by atoms with Crippen molar-refractivity contribution in [3.05, 3.63) is 46.3 Å². The Morgan fingerprint density at radius 3 is 2.53 bits per heavy atom. The van der Waals surface area contributed by atoms with Gasteiger partial charge in [-0.1, -0.05) is 18.2 Å². The number of hydrogen-bond acceptors (Lipinski definition) is 3. The minimum absolute atomic E-state index is 0.137. The van der Waals surface area contributed by atoms with Gasteiger partial charge in [0.1, 0.15) is 23.6 Å². The van der Waals surface area contributed by atoms with E-state index < -0.39 is 5.97 Å². The predicted molar refractivity (Wildman–Crippen MR) is 70.5 cm³/mol. The SMILES string of the molecule is Cc1cccc(C)c1OCc1n[nH]c(C)c1C(=O)O. The molecule has 0 saturated carbocycles. The number of nitrogens with zero attached hydrogens (tertiary/aromatic N) is 1. The molecule has 0 amide bonds. The number of aryl methyl sites for hydroxylation is 3. The molecule has 1 aromatic heterocycles. The van der Waals surface area contributed by atoms with E-state index in [1.54, 1.807) is 6.92 Å². The summed E-state index contributed by atoms with van der Waals surface area (Å²) in [6.07, 6.45) is 0. The summed E-state index contributed by atoms with van der Waals surface area (Å²) in [5.74, 6) is -0.217. The number of hydrogen-bond donors (Lipinski definition) is 2. The van der Waals surface area contributed by atoms with Gasteiger partial charge in [0.05, 0.1) is 0 Å². The van der Waals surface area contributed by atoms with Gasteiger partial charge < -0.3 is 9.84 Å². The average Bonchev–Trinajstić information content (AvgIpc) is 2.70. The Morgan fingerprint density at radius 1 is 1.32 bits per heavy atom. The number of rotatable bonds is 4. The van der Waals surface area contributed by atoms with Gasteiger partial charge in [-0.15, -0.1) is 0 Å². The van der Waals surface area contributed by atoms with E-state index in [2.05, 4.69) is 10.2 Å². The van der Waals surface area contributed by atoms with Crippen LogP contribution in [0.4, 0.5) is 0 Å². The summed E-state index contributed by atoms with van der Waals surface area (Å²) >= 11 is 0. The van der Waals surface area contributed by atoms with Crippen LogP contribution >= 0.6 is 0 Å². The third kappa shape index (κ3) is 2.59. The van der Waals surface area contributed by atoms with Crippen LogP contribution in [-0.4, -0.2) is 21.3 Å². The minimum atomic E-state index is -0.994. The quantitative estimate of drug-likeness (QED) is 0.886. The third-order valence-electron chi connectivity index (χ3n) is 3.00. The molecule has 2 N–H and O–H groups in total. The van der Waals surface area contributed by atoms with E-state index in [0.29, 0.717) is 11.4 Å². The second-order valence-electron chi connectivity index (χ2n) is 4.49. The number of carboxylic acids is 1. The number of aromatic nitrogens is 2. The molecule has 5 heteroatoms. The first-order chi connectivity index (χ1) is 9.00. The Labute approximate surface area is 111 Å². The summed E-state index contributed by atoms with van der Waals surface area (Å²) in [4.78, 5) is 11.1. The number of aromatic carboxylic acids is 1. The van der Waals surface area contributed by atoms with Gasteiger partial charge in [-0.25, -0.2) is 4.79 Å². The zero-order chi connectivity index (χ0) is 14.0. The highest BCUT2D eigenvalue weighted by Crippen LogP contribution is 2.24. The lowest BCUT2D eigenvalue weighted by Gasteiger charge is -2.11. The zero-order valence-corrected chi connectivity index (χ0v) is 11.2. The average molecular weight is 260 g/mol. The van der Waals surface area contributed by atoms with Gasteiger partial charge in [0.15, 0.2) is 0 Å². The highest BCUT2D eigenvalue weighted by atomic mass is 16.5. The topological polar surface area (TPSA) is 75.2 Å². The van der Waals surface area contributed by atoms with Crippen LogP contribution in [0.5, 0.6) is 5.75 Å². The number of carbonyl (C=O) groups is 1. The van der Waals surface area contributed by atoms with E-state index >= 15 is 0 Å². The lowest BCUT2D eigenvalue weighted by atomic mass is 10.1. The molecule has 5 nitrogen and oxygen atoms in total. The maximum absolute atomic E-state index is 11.1. The van der Waals surface area contributed by atoms with Crippen molar-refractivity contribution in [2.75, 3.05) is 0 Å². The first-order valence-electron chi connectivity index (χ1n) is 5.97. The largest absolute Gasteiger partial charge is 0.487 e. The molecule has 0 radical (unpaired) electrons. The highest BCUT2D eigenvalue weighted by molar-refractivity contribution is 5.90. The Hall–Kier alpha value is -2.30. The fraction of sp³-hybridized carbons (Fsp3) is 0.286. The van der Waals surface area contributed by atoms with Crippen molar-refractivity contribution in [2.24, 2.45) is 0 Å². The van der Waals surface area contributed by atoms with E-state index in [0.717, 1.165) is 16.9 Å². The molecule has 19 heavy (non-hydrogen) atoms. The number of para-hydroxylation sites is 1. The maximum atomic E-state index is 11.1. The Morgan fingerprint density at radius 2 is 1.95 bits per heavy atom. The standard InChI is InChI=1S/C14H16N2O3/c1-8-5-4-6-9(2)13(8)19-7-11-12(14(17)18)10(3)15-16-11/h4-6H,7H2,1-3H3,(H,15,16)(H,17,18). The van der Waals surface area contributed by atoms with Crippen LogP contribution in [0.1, 0.15) is 32.9 Å². The van der Waals surface area contributed by atoms with Crippen molar-refractivity contribution >= 4 is 5.97 Å². The molecule has 0 atom stereocenters. The highest BCUT2D eigenvalue weighted by Gasteiger charge is 2.17. The number of H-pyrrole nitrogens is 1. The van der Waals surface area contributed by atoms with Crippen molar-refractivity contribution in [3.8, 4) is 5.75 Å². The fourth-order valence-corrected chi connectivity index (χ4v) is 2.04. The van der Waals surface area contributed by atoms with Gasteiger partial charge in [-0.05, 0) is 31.9 Å². The van der Waals surface area contributed by atoms with Gasteiger partial charge in [0, 0.05) is 5.69 Å². The number of ether oxygens (including phenoxy) is 1. The molecule has 0 aliphatic heterocycles. The molecular weight excluding hydrogens is 244 g/mol. The van der Waals surface area contributed by atoms with Crippen molar-refractivity contribution in [3.63, 3.8) is 0 Å². The molecule has 0 fully saturated rings. The minimum Gasteiger partial charge on any atom is -0.487 e. The van der Waals surface area contributed by atoms with Crippen LogP contribution in [0, 0.1) is 20.8 Å². The number of carboxylic acid groups (broad SMARTS) is 1. The lowest BCUT2D eigenvalue weighted by molar-refractivity contribution is 0.0693. The molecular formula is C14H16N2O3. The molecule has 1 aromatic carbocycles. The lowest BCUT2D eigenvalue weighted by Crippen LogP contribution is -2.06. The first kappa shape index (κ1) is 13.1. The van der Waals surface area contributed by atoms with Gasteiger partial charge in [-0.2, -0.15) is 5.10 Å². The van der Waals surface area contributed by atoms with Crippen molar-refractivity contribution in [2.45, 2.75) is 27.4 Å². The monoisotopic (exact) mass is 260 g/mol. The summed E-state index contributed by atoms with van der Waals surface area (Å²) in [6, 6.07) is 5.87. The van der Waals surface area contributed by atoms with Crippen LogP contribution in [0.2, 0.25) is 0 Å². The Kier molecular flexibility index (Phi) is 3.55. The molecule has 2 rings (SSSR count). The smallest absolute Gasteiger partial charge is 0.339 e. The molecule has 1 heterocycles. The summed E-state index contributed by atoms with van der Waals surface area (Å²) in [5.41, 5.74) is 3.17. The molecule has 0 bridgehead atoms. The summed E-state index contributed by atoms with van der Waals surface area (Å²) in [6.45, 7) is 5.73. The Bertz CT molecular complexity index is 597. The van der Waals surface area contributed by atoms with E-state index in [1.165, 1.54) is 0 Å². The molecule has 0 aliphatic carbocycles. The predicted octanol–water partition coefficient (Wildman–Crippen LogP) is 2.61. The summed E-state index contributed by atoms with van der Waals surface area (Å²) < 4.78 is 5.71. The third-order valence-corrected chi connectivity index (χ3v) is 3.00. The van der Waals surface area contributed by atoms with Gasteiger partial charge in [-0.3, -0.25) is 5.10 Å². The summed E-state index contributed by atoms with van der Waals surface area (Å²) in [7, 11) is 0. The van der Waals surface area contributed by atoms with Gasteiger partial charge in [0.2, 0.25) is 0 Å². The van der Waals surface area contributed by atoms with Crippen LogP contribution in [0.3, 0.4) is 0 Å². The fourth-order valence-electron chi connectivity index (χ4n) is 2.04. The van der Waals surface area contributed by atoms with E-state index in [1.807, 2.05) is 32.0 Å². The number of benzene rings is 1. The van der Waals surface area contributed by atoms with Crippen molar-refractivity contribution < 1.29 is 14.6 Å².